The molecule has 2 unspecified atom stereocenters. The Bertz CT molecular complexity index is 1090. The quantitative estimate of drug-likeness (QED) is 0.541. The summed E-state index contributed by atoms with van der Waals surface area (Å²) in [4.78, 5) is 9.95. The Morgan fingerprint density at radius 1 is 1.33 bits per heavy atom. The van der Waals surface area contributed by atoms with Crippen LogP contribution in [0.25, 0.3) is 5.57 Å². The lowest BCUT2D eigenvalue weighted by molar-refractivity contribution is 0.0254. The molecule has 3 aromatic rings. The van der Waals surface area contributed by atoms with Gasteiger partial charge in [0.15, 0.2) is 0 Å². The Balaban J connectivity index is 1.54. The molecule has 154 valence electrons. The second kappa shape index (κ2) is 8.57. The fourth-order valence-corrected chi connectivity index (χ4v) is 3.13. The lowest BCUT2D eigenvalue weighted by Crippen LogP contribution is -2.36. The molecule has 2 aromatic heterocycles. The van der Waals surface area contributed by atoms with Crippen LogP contribution in [0, 0.1) is 5.82 Å². The summed E-state index contributed by atoms with van der Waals surface area (Å²) in [5.41, 5.74) is 1.65. The fraction of sp³-hybridized carbons (Fsp3) is 0.158. The normalized spacial score (nSPS) is 17.0. The third kappa shape index (κ3) is 4.15. The number of nitrogens with one attached hydrogen (secondary N) is 1. The zero-order chi connectivity index (χ0) is 21.1. The van der Waals surface area contributed by atoms with Crippen molar-refractivity contribution in [3.63, 3.8) is 0 Å². The van der Waals surface area contributed by atoms with Crippen molar-refractivity contribution in [3.8, 4) is 0 Å². The van der Waals surface area contributed by atoms with Crippen LogP contribution < -0.4 is 5.32 Å². The lowest BCUT2D eigenvalue weighted by atomic mass is 10.0. The summed E-state index contributed by atoms with van der Waals surface area (Å²) >= 11 is 5.73. The van der Waals surface area contributed by atoms with Crippen molar-refractivity contribution in [3.05, 3.63) is 77.3 Å². The third-order valence-electron chi connectivity index (χ3n) is 4.45. The van der Waals surface area contributed by atoms with Crippen molar-refractivity contribution in [2.45, 2.75) is 12.3 Å². The molecule has 0 amide bonds. The molecule has 1 aliphatic heterocycles. The molecule has 0 bridgehead atoms. The van der Waals surface area contributed by atoms with Gasteiger partial charge in [0.25, 0.3) is 0 Å². The molecular formula is C19H16ClFN6O3. The van der Waals surface area contributed by atoms with Gasteiger partial charge in [0.2, 0.25) is 12.3 Å². The molecule has 1 aromatic carbocycles. The number of allylic oxidation sites excluding steroid dienone is 2. The van der Waals surface area contributed by atoms with Gasteiger partial charge in [0, 0.05) is 18.0 Å². The smallest absolute Gasteiger partial charge is 0.322 e. The number of halogens is 2. The molecule has 2 atom stereocenters. The van der Waals surface area contributed by atoms with E-state index in [2.05, 4.69) is 25.5 Å². The summed E-state index contributed by atoms with van der Waals surface area (Å²) in [6, 6.07) is 5.41. The second-order valence-electron chi connectivity index (χ2n) is 6.30. The number of aliphatic hydroxyl groups excluding tert-OH is 2. The summed E-state index contributed by atoms with van der Waals surface area (Å²) in [5.74, 6) is -0.352. The van der Waals surface area contributed by atoms with Crippen molar-refractivity contribution in [1.29, 1.82) is 0 Å². The molecule has 0 saturated heterocycles. The summed E-state index contributed by atoms with van der Waals surface area (Å²) in [6.45, 7) is -0.336. The zero-order valence-electron chi connectivity index (χ0n) is 15.4. The number of rotatable bonds is 6. The van der Waals surface area contributed by atoms with Crippen molar-refractivity contribution in [1.82, 2.24) is 25.1 Å². The predicted molar refractivity (Wildman–Crippen MR) is 106 cm³/mol. The van der Waals surface area contributed by atoms with Crippen LogP contribution in [-0.4, -0.2) is 48.1 Å². The minimum Gasteiger partial charge on any atom is -0.411 e. The van der Waals surface area contributed by atoms with E-state index in [0.717, 1.165) is 0 Å². The number of aromatic nitrogens is 4. The van der Waals surface area contributed by atoms with E-state index < -0.39 is 18.1 Å². The Labute approximate surface area is 175 Å². The van der Waals surface area contributed by atoms with E-state index in [1.54, 1.807) is 36.7 Å². The van der Waals surface area contributed by atoms with Crippen LogP contribution in [0.2, 0.25) is 5.02 Å². The summed E-state index contributed by atoms with van der Waals surface area (Å²) in [7, 11) is 0. The van der Waals surface area contributed by atoms with Gasteiger partial charge in [-0.15, -0.1) is 5.10 Å². The van der Waals surface area contributed by atoms with Crippen LogP contribution in [-0.2, 0) is 0 Å². The molecule has 0 saturated carbocycles. The highest BCUT2D eigenvalue weighted by Gasteiger charge is 2.25. The van der Waals surface area contributed by atoms with Gasteiger partial charge >= 0.3 is 6.01 Å². The van der Waals surface area contributed by atoms with E-state index in [1.807, 2.05) is 0 Å². The largest absolute Gasteiger partial charge is 0.411 e. The SMILES string of the molecule is OCC(c1ccc(Cl)c(F)c1)N1C=CC(c2ccnc(Nc3nnco3)n2)=CC1O. The Morgan fingerprint density at radius 3 is 2.90 bits per heavy atom. The Kier molecular flexibility index (Phi) is 5.70. The topological polar surface area (TPSA) is 120 Å². The molecule has 3 heterocycles. The van der Waals surface area contributed by atoms with Crippen LogP contribution in [0.15, 0.2) is 59.6 Å². The van der Waals surface area contributed by atoms with Crippen molar-refractivity contribution in [2.75, 3.05) is 11.9 Å². The van der Waals surface area contributed by atoms with Gasteiger partial charge in [-0.3, -0.25) is 5.32 Å². The summed E-state index contributed by atoms with van der Waals surface area (Å²) in [6.07, 6.45) is 6.53. The van der Waals surface area contributed by atoms with Gasteiger partial charge in [-0.05, 0) is 35.9 Å². The van der Waals surface area contributed by atoms with Crippen LogP contribution >= 0.6 is 11.6 Å². The van der Waals surface area contributed by atoms with Crippen LogP contribution in [0.3, 0.4) is 0 Å². The molecule has 11 heteroatoms. The zero-order valence-corrected chi connectivity index (χ0v) is 16.1. The summed E-state index contributed by atoms with van der Waals surface area (Å²) < 4.78 is 18.8. The van der Waals surface area contributed by atoms with Gasteiger partial charge in [0.05, 0.1) is 23.4 Å². The van der Waals surface area contributed by atoms with Gasteiger partial charge in [0.1, 0.15) is 12.0 Å². The predicted octanol–water partition coefficient (Wildman–Crippen LogP) is 2.66. The van der Waals surface area contributed by atoms with E-state index in [-0.39, 0.29) is 23.6 Å². The van der Waals surface area contributed by atoms with Gasteiger partial charge in [-0.2, -0.15) is 0 Å². The van der Waals surface area contributed by atoms with Crippen LogP contribution in [0.5, 0.6) is 0 Å². The number of benzene rings is 1. The third-order valence-corrected chi connectivity index (χ3v) is 4.76. The lowest BCUT2D eigenvalue weighted by Gasteiger charge is -2.35. The number of hydrogen-bond acceptors (Lipinski definition) is 9. The summed E-state index contributed by atoms with van der Waals surface area (Å²) in [5, 5.41) is 30.5. The standard InChI is InChI=1S/C19H16ClFN6O3/c20-13-2-1-12(7-14(13)21)16(9-28)27-6-4-11(8-17(27)29)15-3-5-22-18(24-15)25-19-26-23-10-30-19/h1-8,10,16-17,28-29H,9H2,(H,22,24,25,26). The molecule has 0 spiro atoms. The maximum atomic E-state index is 13.8. The van der Waals surface area contributed by atoms with Gasteiger partial charge in [-0.1, -0.05) is 22.8 Å². The molecule has 9 nitrogen and oxygen atoms in total. The monoisotopic (exact) mass is 430 g/mol. The van der Waals surface area contributed by atoms with E-state index >= 15 is 0 Å². The van der Waals surface area contributed by atoms with Crippen molar-refractivity contribution in [2.24, 2.45) is 0 Å². The van der Waals surface area contributed by atoms with E-state index in [1.165, 1.54) is 23.4 Å². The van der Waals surface area contributed by atoms with Crippen molar-refractivity contribution < 1.29 is 19.0 Å². The van der Waals surface area contributed by atoms with E-state index in [0.29, 0.717) is 16.8 Å². The first-order chi connectivity index (χ1) is 14.5. The Hall–Kier alpha value is -3.34. The highest BCUT2D eigenvalue weighted by atomic mass is 35.5. The molecule has 3 N–H and O–H groups in total. The first-order valence-corrected chi connectivity index (χ1v) is 9.21. The molecule has 0 radical (unpaired) electrons. The maximum absolute atomic E-state index is 13.8. The van der Waals surface area contributed by atoms with Crippen LogP contribution in [0.1, 0.15) is 17.3 Å². The maximum Gasteiger partial charge on any atom is 0.322 e. The molecular weight excluding hydrogens is 415 g/mol. The van der Waals surface area contributed by atoms with E-state index in [9.17, 15) is 14.6 Å². The highest BCUT2D eigenvalue weighted by molar-refractivity contribution is 6.30. The average molecular weight is 431 g/mol. The molecule has 30 heavy (non-hydrogen) atoms. The molecule has 0 aliphatic carbocycles. The van der Waals surface area contributed by atoms with E-state index in [4.69, 9.17) is 16.0 Å². The second-order valence-corrected chi connectivity index (χ2v) is 6.71. The van der Waals surface area contributed by atoms with Gasteiger partial charge < -0.3 is 19.5 Å². The first-order valence-electron chi connectivity index (χ1n) is 8.83. The number of aliphatic hydroxyl groups is 2. The Morgan fingerprint density at radius 2 is 2.20 bits per heavy atom. The van der Waals surface area contributed by atoms with Gasteiger partial charge in [-0.25, -0.2) is 14.4 Å². The number of nitrogens with zero attached hydrogens (tertiary/aromatic N) is 5. The minimum atomic E-state index is -1.08. The van der Waals surface area contributed by atoms with Crippen molar-refractivity contribution >= 4 is 29.1 Å². The fourth-order valence-electron chi connectivity index (χ4n) is 3.01. The number of hydrogen-bond donors (Lipinski definition) is 3. The average Bonchev–Trinajstić information content (AvgIpc) is 3.25. The highest BCUT2D eigenvalue weighted by Crippen LogP contribution is 2.30. The minimum absolute atomic E-state index is 0.0129. The first kappa shape index (κ1) is 20.0. The molecule has 4 rings (SSSR count). The molecule has 0 fully saturated rings. The van der Waals surface area contributed by atoms with Crippen LogP contribution in [0.4, 0.5) is 16.4 Å². The molecule has 1 aliphatic rings. The number of anilines is 2.